The average Bonchev–Trinajstić information content (AvgIpc) is 3.03. The summed E-state index contributed by atoms with van der Waals surface area (Å²) < 4.78 is 1.53. The Hall–Kier alpha value is -2.89. The maximum absolute atomic E-state index is 13.6. The number of rotatable bonds is 1. The molecule has 2 aliphatic heterocycles. The van der Waals surface area contributed by atoms with E-state index in [1.165, 1.54) is 0 Å². The standard InChI is InChI=1S/C24H18Br2N4O2/c1-12-5-7-16(26)19(9-12)30-18-3-2-4-20(31)21(18)24(15(11-27)22(30)28)14-10-13(25)6-8-17(14)29-23(24)32/h5-10H,2-4,28H2,1H3,(H,29,32). The van der Waals surface area contributed by atoms with Gasteiger partial charge < -0.3 is 11.1 Å². The Morgan fingerprint density at radius 2 is 1.94 bits per heavy atom. The molecule has 1 spiro atoms. The molecular weight excluding hydrogens is 536 g/mol. The van der Waals surface area contributed by atoms with Crippen molar-refractivity contribution in [1.29, 1.82) is 5.26 Å². The van der Waals surface area contributed by atoms with Crippen LogP contribution in [0.5, 0.6) is 0 Å². The van der Waals surface area contributed by atoms with E-state index in [1.807, 2.05) is 31.2 Å². The predicted molar refractivity (Wildman–Crippen MR) is 129 cm³/mol. The maximum atomic E-state index is 13.6. The van der Waals surface area contributed by atoms with Crippen molar-refractivity contribution in [3.05, 3.63) is 79.1 Å². The Kier molecular flexibility index (Phi) is 4.80. The van der Waals surface area contributed by atoms with Gasteiger partial charge in [0.15, 0.2) is 5.78 Å². The second-order valence-electron chi connectivity index (χ2n) is 8.15. The van der Waals surface area contributed by atoms with Crippen LogP contribution in [0.2, 0.25) is 0 Å². The van der Waals surface area contributed by atoms with Gasteiger partial charge in [0.25, 0.3) is 0 Å². The molecule has 1 unspecified atom stereocenters. The van der Waals surface area contributed by atoms with Gasteiger partial charge in [-0.3, -0.25) is 14.5 Å². The summed E-state index contributed by atoms with van der Waals surface area (Å²) in [4.78, 5) is 28.9. The summed E-state index contributed by atoms with van der Waals surface area (Å²) in [6.45, 7) is 1.96. The van der Waals surface area contributed by atoms with Crippen LogP contribution in [0.3, 0.4) is 0 Å². The predicted octanol–water partition coefficient (Wildman–Crippen LogP) is 4.93. The molecule has 0 aromatic heterocycles. The normalized spacial score (nSPS) is 22.1. The van der Waals surface area contributed by atoms with E-state index in [0.29, 0.717) is 41.8 Å². The van der Waals surface area contributed by atoms with Crippen molar-refractivity contribution < 1.29 is 9.59 Å². The van der Waals surface area contributed by atoms with Crippen LogP contribution in [0.1, 0.15) is 30.4 Å². The highest BCUT2D eigenvalue weighted by molar-refractivity contribution is 9.10. The van der Waals surface area contributed by atoms with Crippen LogP contribution in [0.25, 0.3) is 0 Å². The fourth-order valence-electron chi connectivity index (χ4n) is 5.03. The number of benzene rings is 2. The van der Waals surface area contributed by atoms with Gasteiger partial charge in [0.2, 0.25) is 5.91 Å². The number of carbonyl (C=O) groups is 2. The molecule has 1 amide bonds. The Labute approximate surface area is 202 Å². The number of nitrogens with two attached hydrogens (primary N) is 1. The summed E-state index contributed by atoms with van der Waals surface area (Å²) in [5.74, 6) is -0.394. The summed E-state index contributed by atoms with van der Waals surface area (Å²) >= 11 is 7.07. The van der Waals surface area contributed by atoms with E-state index in [2.05, 4.69) is 43.2 Å². The lowest BCUT2D eigenvalue weighted by Gasteiger charge is -2.43. The Bertz CT molecular complexity index is 1340. The molecule has 2 aromatic carbocycles. The van der Waals surface area contributed by atoms with Crippen LogP contribution in [0.4, 0.5) is 11.4 Å². The number of carbonyl (C=O) groups excluding carboxylic acids is 2. The summed E-state index contributed by atoms with van der Waals surface area (Å²) in [6, 6.07) is 13.4. The minimum atomic E-state index is -1.56. The zero-order valence-electron chi connectivity index (χ0n) is 17.1. The number of allylic oxidation sites excluding steroid dienone is 1. The molecule has 3 N–H and O–H groups in total. The van der Waals surface area contributed by atoms with E-state index in [9.17, 15) is 14.9 Å². The molecule has 2 heterocycles. The lowest BCUT2D eigenvalue weighted by atomic mass is 9.64. The van der Waals surface area contributed by atoms with Crippen molar-refractivity contribution in [1.82, 2.24) is 0 Å². The first-order chi connectivity index (χ1) is 15.3. The van der Waals surface area contributed by atoms with Gasteiger partial charge in [-0.15, -0.1) is 0 Å². The number of fused-ring (bicyclic) bond motifs is 3. The maximum Gasteiger partial charge on any atom is 0.245 e. The number of hydrogen-bond donors (Lipinski definition) is 2. The molecule has 5 rings (SSSR count). The second-order valence-corrected chi connectivity index (χ2v) is 9.92. The number of halogens is 2. The number of amides is 1. The number of nitrogens with one attached hydrogen (secondary N) is 1. The molecule has 32 heavy (non-hydrogen) atoms. The van der Waals surface area contributed by atoms with Crippen LogP contribution >= 0.6 is 31.9 Å². The number of aryl methyl sites for hydroxylation is 1. The minimum Gasteiger partial charge on any atom is -0.384 e. The lowest BCUT2D eigenvalue weighted by molar-refractivity contribution is -0.122. The molecule has 2 aromatic rings. The van der Waals surface area contributed by atoms with Gasteiger partial charge in [-0.1, -0.05) is 22.0 Å². The Morgan fingerprint density at radius 1 is 1.16 bits per heavy atom. The molecule has 0 saturated heterocycles. The number of nitrogens with zero attached hydrogens (tertiary/aromatic N) is 2. The SMILES string of the molecule is Cc1ccc(Br)c(N2C(N)=C(C#N)C3(C(=O)Nc4ccc(Br)cc43)C3=C2CCCC3=O)c1. The molecule has 0 radical (unpaired) electrons. The highest BCUT2D eigenvalue weighted by Crippen LogP contribution is 2.55. The zero-order valence-corrected chi connectivity index (χ0v) is 20.3. The van der Waals surface area contributed by atoms with Gasteiger partial charge in [-0.05, 0) is 71.6 Å². The van der Waals surface area contributed by atoms with E-state index < -0.39 is 11.3 Å². The summed E-state index contributed by atoms with van der Waals surface area (Å²) in [5.41, 5.74) is 9.09. The van der Waals surface area contributed by atoms with E-state index in [4.69, 9.17) is 5.73 Å². The third kappa shape index (κ3) is 2.68. The van der Waals surface area contributed by atoms with Crippen molar-refractivity contribution in [2.24, 2.45) is 5.73 Å². The van der Waals surface area contributed by atoms with Gasteiger partial charge in [0.1, 0.15) is 17.3 Å². The summed E-state index contributed by atoms with van der Waals surface area (Å²) in [7, 11) is 0. The van der Waals surface area contributed by atoms with Crippen molar-refractivity contribution in [2.45, 2.75) is 31.6 Å². The first-order valence-electron chi connectivity index (χ1n) is 10.2. The van der Waals surface area contributed by atoms with E-state index in [1.54, 1.807) is 17.0 Å². The molecule has 160 valence electrons. The van der Waals surface area contributed by atoms with Gasteiger partial charge in [-0.25, -0.2) is 0 Å². The van der Waals surface area contributed by atoms with Crippen molar-refractivity contribution >= 4 is 54.9 Å². The topological polar surface area (TPSA) is 99.2 Å². The summed E-state index contributed by atoms with van der Waals surface area (Å²) in [5, 5.41) is 13.2. The van der Waals surface area contributed by atoms with Crippen LogP contribution in [0.15, 0.2) is 68.0 Å². The Morgan fingerprint density at radius 3 is 2.69 bits per heavy atom. The smallest absolute Gasteiger partial charge is 0.245 e. The first-order valence-corrected chi connectivity index (χ1v) is 11.7. The summed E-state index contributed by atoms with van der Waals surface area (Å²) in [6.07, 6.45) is 1.54. The first kappa shape index (κ1) is 21.0. The van der Waals surface area contributed by atoms with Crippen molar-refractivity contribution in [3.63, 3.8) is 0 Å². The third-order valence-corrected chi connectivity index (χ3v) is 7.49. The van der Waals surface area contributed by atoms with E-state index in [0.717, 1.165) is 20.2 Å². The second kappa shape index (κ2) is 7.32. The lowest BCUT2D eigenvalue weighted by Crippen LogP contribution is -2.50. The molecule has 8 heteroatoms. The molecule has 1 aliphatic carbocycles. The largest absolute Gasteiger partial charge is 0.384 e. The molecule has 1 atom stereocenters. The van der Waals surface area contributed by atoms with Gasteiger partial charge >= 0.3 is 0 Å². The van der Waals surface area contributed by atoms with Crippen LogP contribution in [0, 0.1) is 18.3 Å². The fraction of sp³-hybridized carbons (Fsp3) is 0.208. The van der Waals surface area contributed by atoms with Crippen LogP contribution < -0.4 is 16.0 Å². The fourth-order valence-corrected chi connectivity index (χ4v) is 5.82. The van der Waals surface area contributed by atoms with Crippen LogP contribution in [-0.2, 0) is 15.0 Å². The highest BCUT2D eigenvalue weighted by atomic mass is 79.9. The molecule has 0 fully saturated rings. The number of Topliss-reactive ketones (excluding diaryl/α,β-unsaturated/α-hetero) is 1. The number of hydrogen-bond acceptors (Lipinski definition) is 5. The van der Waals surface area contributed by atoms with Gasteiger partial charge in [0.05, 0.1) is 11.3 Å². The molecular formula is C24H18Br2N4O2. The monoisotopic (exact) mass is 552 g/mol. The van der Waals surface area contributed by atoms with Crippen molar-refractivity contribution in [2.75, 3.05) is 10.2 Å². The molecule has 0 saturated carbocycles. The van der Waals surface area contributed by atoms with Gasteiger partial charge in [0, 0.05) is 37.9 Å². The quantitative estimate of drug-likeness (QED) is 0.521. The zero-order chi connectivity index (χ0) is 22.8. The number of anilines is 2. The highest BCUT2D eigenvalue weighted by Gasteiger charge is 2.60. The van der Waals surface area contributed by atoms with E-state index >= 15 is 0 Å². The number of ketones is 1. The van der Waals surface area contributed by atoms with Gasteiger partial charge in [-0.2, -0.15) is 5.26 Å². The molecule has 6 nitrogen and oxygen atoms in total. The number of nitriles is 1. The average molecular weight is 554 g/mol. The minimum absolute atomic E-state index is 0.0641. The Balaban J connectivity index is 1.91. The third-order valence-electron chi connectivity index (χ3n) is 6.33. The van der Waals surface area contributed by atoms with E-state index in [-0.39, 0.29) is 17.2 Å². The molecule has 3 aliphatic rings. The molecule has 0 bridgehead atoms. The van der Waals surface area contributed by atoms with Crippen LogP contribution in [-0.4, -0.2) is 11.7 Å². The van der Waals surface area contributed by atoms with Crippen molar-refractivity contribution in [3.8, 4) is 6.07 Å².